The van der Waals surface area contributed by atoms with Gasteiger partial charge in [-0.1, -0.05) is 0 Å². The highest BCUT2D eigenvalue weighted by atomic mass is 32.2. The molecule has 0 bridgehead atoms. The lowest BCUT2D eigenvalue weighted by molar-refractivity contribution is -0.121. The van der Waals surface area contributed by atoms with Gasteiger partial charge in [-0.15, -0.1) is 11.8 Å². The topological polar surface area (TPSA) is 37.4 Å². The van der Waals surface area contributed by atoms with Crippen LogP contribution in [-0.4, -0.2) is 17.1 Å². The largest absolute Gasteiger partial charge is 0.274 e. The Morgan fingerprint density at radius 2 is 1.45 bits per heavy atom. The van der Waals surface area contributed by atoms with E-state index in [9.17, 15) is 18.4 Å². The average Bonchev–Trinajstić information content (AvgIpc) is 2.77. The quantitative estimate of drug-likeness (QED) is 0.814. The van der Waals surface area contributed by atoms with Crippen LogP contribution in [0.15, 0.2) is 53.4 Å². The molecule has 1 saturated heterocycles. The van der Waals surface area contributed by atoms with Gasteiger partial charge in [0.2, 0.25) is 11.8 Å². The van der Waals surface area contributed by atoms with Crippen molar-refractivity contribution in [3.63, 3.8) is 0 Å². The maximum absolute atomic E-state index is 12.9. The van der Waals surface area contributed by atoms with Crippen LogP contribution in [-0.2, 0) is 9.59 Å². The summed E-state index contributed by atoms with van der Waals surface area (Å²) in [5.74, 6) is -1.45. The molecule has 1 aliphatic heterocycles. The van der Waals surface area contributed by atoms with Crippen molar-refractivity contribution in [3.8, 4) is 0 Å². The van der Waals surface area contributed by atoms with E-state index in [1.54, 1.807) is 12.1 Å². The zero-order valence-corrected chi connectivity index (χ0v) is 12.1. The first-order valence-corrected chi connectivity index (χ1v) is 7.47. The summed E-state index contributed by atoms with van der Waals surface area (Å²) in [6, 6.07) is 11.0. The minimum Gasteiger partial charge on any atom is -0.274 e. The van der Waals surface area contributed by atoms with Crippen LogP contribution in [0.3, 0.4) is 0 Å². The summed E-state index contributed by atoms with van der Waals surface area (Å²) in [6.45, 7) is 0. The lowest BCUT2D eigenvalue weighted by atomic mass is 10.3. The molecule has 2 aromatic rings. The number of carbonyl (C=O) groups is 2. The molecule has 0 saturated carbocycles. The van der Waals surface area contributed by atoms with E-state index in [1.807, 2.05) is 0 Å². The average molecular weight is 319 g/mol. The highest BCUT2D eigenvalue weighted by Gasteiger charge is 2.40. The second kappa shape index (κ2) is 5.88. The molecule has 22 heavy (non-hydrogen) atoms. The van der Waals surface area contributed by atoms with Gasteiger partial charge in [-0.3, -0.25) is 9.59 Å². The fourth-order valence-electron chi connectivity index (χ4n) is 2.23. The summed E-state index contributed by atoms with van der Waals surface area (Å²) < 4.78 is 25.8. The summed E-state index contributed by atoms with van der Waals surface area (Å²) in [5, 5.41) is -0.553. The van der Waals surface area contributed by atoms with Crippen LogP contribution in [0.25, 0.3) is 0 Å². The predicted molar refractivity (Wildman–Crippen MR) is 79.6 cm³/mol. The molecule has 1 atom stereocenters. The number of imide groups is 1. The third-order valence-electron chi connectivity index (χ3n) is 3.28. The van der Waals surface area contributed by atoms with E-state index in [-0.39, 0.29) is 24.1 Å². The first-order valence-electron chi connectivity index (χ1n) is 6.59. The van der Waals surface area contributed by atoms with E-state index in [4.69, 9.17) is 0 Å². The molecule has 1 fully saturated rings. The molecule has 3 nitrogen and oxygen atoms in total. The number of anilines is 1. The van der Waals surface area contributed by atoms with Gasteiger partial charge in [0.25, 0.3) is 0 Å². The van der Waals surface area contributed by atoms with Gasteiger partial charge in [0.05, 0.1) is 10.9 Å². The lowest BCUT2D eigenvalue weighted by Gasteiger charge is -2.14. The number of hydrogen-bond acceptors (Lipinski definition) is 3. The maximum Gasteiger partial charge on any atom is 0.247 e. The van der Waals surface area contributed by atoms with Crippen molar-refractivity contribution in [2.24, 2.45) is 0 Å². The van der Waals surface area contributed by atoms with Crippen LogP contribution in [0.2, 0.25) is 0 Å². The fourth-order valence-corrected chi connectivity index (χ4v) is 3.29. The first kappa shape index (κ1) is 14.7. The zero-order valence-electron chi connectivity index (χ0n) is 11.3. The van der Waals surface area contributed by atoms with Gasteiger partial charge in [0.1, 0.15) is 11.6 Å². The normalized spacial score (nSPS) is 18.1. The molecule has 2 aromatic carbocycles. The van der Waals surface area contributed by atoms with Gasteiger partial charge in [-0.2, -0.15) is 0 Å². The number of benzene rings is 2. The Bertz CT molecular complexity index is 716. The molecule has 0 aliphatic carbocycles. The van der Waals surface area contributed by atoms with Crippen molar-refractivity contribution in [2.75, 3.05) is 4.90 Å². The third kappa shape index (κ3) is 2.87. The van der Waals surface area contributed by atoms with Gasteiger partial charge >= 0.3 is 0 Å². The summed E-state index contributed by atoms with van der Waals surface area (Å²) in [5.41, 5.74) is 0.360. The second-order valence-corrected chi connectivity index (χ2v) is 6.08. The number of thioether (sulfide) groups is 1. The molecular weight excluding hydrogens is 308 g/mol. The van der Waals surface area contributed by atoms with Crippen molar-refractivity contribution < 1.29 is 18.4 Å². The number of halogens is 2. The molecule has 0 aromatic heterocycles. The standard InChI is InChI=1S/C16H11F2NO2S/c17-10-1-5-12(6-2-10)19-15(20)9-14(16(19)21)22-13-7-3-11(18)4-8-13/h1-8,14H,9H2. The van der Waals surface area contributed by atoms with Crippen LogP contribution in [0.5, 0.6) is 0 Å². The second-order valence-electron chi connectivity index (χ2n) is 4.81. The van der Waals surface area contributed by atoms with Crippen LogP contribution in [0.4, 0.5) is 14.5 Å². The smallest absolute Gasteiger partial charge is 0.247 e. The van der Waals surface area contributed by atoms with Crippen LogP contribution in [0.1, 0.15) is 6.42 Å². The van der Waals surface area contributed by atoms with Crippen LogP contribution in [0, 0.1) is 11.6 Å². The molecule has 6 heteroatoms. The van der Waals surface area contributed by atoms with E-state index < -0.39 is 11.1 Å². The molecule has 1 aliphatic rings. The van der Waals surface area contributed by atoms with Gasteiger partial charge < -0.3 is 0 Å². The zero-order chi connectivity index (χ0) is 15.7. The van der Waals surface area contributed by atoms with Gasteiger partial charge in [-0.05, 0) is 48.5 Å². The predicted octanol–water partition coefficient (Wildman–Crippen LogP) is 3.39. The monoisotopic (exact) mass is 319 g/mol. The van der Waals surface area contributed by atoms with E-state index in [0.717, 1.165) is 4.90 Å². The SMILES string of the molecule is O=C1CC(Sc2ccc(F)cc2)C(=O)N1c1ccc(F)cc1. The first-order chi connectivity index (χ1) is 10.5. The Balaban J connectivity index is 1.79. The van der Waals surface area contributed by atoms with Gasteiger partial charge in [0.15, 0.2) is 0 Å². The Kier molecular flexibility index (Phi) is 3.94. The number of amides is 2. The lowest BCUT2D eigenvalue weighted by Crippen LogP contribution is -2.31. The molecule has 0 radical (unpaired) electrons. The Labute approximate surface area is 129 Å². The number of hydrogen-bond donors (Lipinski definition) is 0. The maximum atomic E-state index is 12.9. The van der Waals surface area contributed by atoms with E-state index in [1.165, 1.54) is 48.2 Å². The minimum absolute atomic E-state index is 0.0677. The Morgan fingerprint density at radius 1 is 0.909 bits per heavy atom. The van der Waals surface area contributed by atoms with Crippen molar-refractivity contribution >= 4 is 29.3 Å². The molecule has 2 amide bonds. The highest BCUT2D eigenvalue weighted by Crippen LogP contribution is 2.33. The van der Waals surface area contributed by atoms with Gasteiger partial charge in [-0.25, -0.2) is 13.7 Å². The van der Waals surface area contributed by atoms with Crippen molar-refractivity contribution in [1.29, 1.82) is 0 Å². The van der Waals surface area contributed by atoms with Crippen LogP contribution < -0.4 is 4.90 Å². The summed E-state index contributed by atoms with van der Waals surface area (Å²) >= 11 is 1.22. The molecule has 0 spiro atoms. The number of nitrogens with zero attached hydrogens (tertiary/aromatic N) is 1. The molecule has 1 heterocycles. The Morgan fingerprint density at radius 3 is 2.05 bits per heavy atom. The van der Waals surface area contributed by atoms with Gasteiger partial charge in [0, 0.05) is 11.3 Å². The molecule has 1 unspecified atom stereocenters. The molecule has 3 rings (SSSR count). The highest BCUT2D eigenvalue weighted by molar-refractivity contribution is 8.00. The molecular formula is C16H11F2NO2S. The van der Waals surface area contributed by atoms with E-state index >= 15 is 0 Å². The fraction of sp³-hybridized carbons (Fsp3) is 0.125. The summed E-state index contributed by atoms with van der Waals surface area (Å²) in [4.78, 5) is 26.2. The number of rotatable bonds is 3. The Hall–Kier alpha value is -2.21. The van der Waals surface area contributed by atoms with Crippen LogP contribution >= 0.6 is 11.8 Å². The van der Waals surface area contributed by atoms with E-state index in [0.29, 0.717) is 10.6 Å². The molecule has 112 valence electrons. The minimum atomic E-state index is -0.553. The summed E-state index contributed by atoms with van der Waals surface area (Å²) in [7, 11) is 0. The van der Waals surface area contributed by atoms with Crippen molar-refractivity contribution in [2.45, 2.75) is 16.6 Å². The summed E-state index contributed by atoms with van der Waals surface area (Å²) in [6.07, 6.45) is 0.0677. The van der Waals surface area contributed by atoms with E-state index in [2.05, 4.69) is 0 Å². The van der Waals surface area contributed by atoms with Crippen molar-refractivity contribution in [3.05, 3.63) is 60.2 Å². The van der Waals surface area contributed by atoms with Crippen molar-refractivity contribution in [1.82, 2.24) is 0 Å². The third-order valence-corrected chi connectivity index (χ3v) is 4.48. The number of carbonyl (C=O) groups excluding carboxylic acids is 2. The molecule has 0 N–H and O–H groups in total.